The van der Waals surface area contributed by atoms with Crippen molar-refractivity contribution in [2.24, 2.45) is 5.92 Å². The second-order valence-corrected chi connectivity index (χ2v) is 11.5. The van der Waals surface area contributed by atoms with Crippen LogP contribution in [-0.4, -0.2) is 29.2 Å². The first-order chi connectivity index (χ1) is 19.9. The SMILES string of the molecule is CCCCCCCCC=CCCCCCCCC(=O)OCC(C)C1=C(O)c2ccc3c(C)cccc3c2C(=O)C1=O. The molecule has 3 rings (SSSR count). The van der Waals surface area contributed by atoms with E-state index in [4.69, 9.17) is 4.74 Å². The molecule has 0 spiro atoms. The van der Waals surface area contributed by atoms with Crippen molar-refractivity contribution in [1.29, 1.82) is 0 Å². The van der Waals surface area contributed by atoms with Crippen molar-refractivity contribution in [2.75, 3.05) is 6.61 Å². The number of hydrogen-bond donors (Lipinski definition) is 1. The third-order valence-electron chi connectivity index (χ3n) is 8.10. The molecule has 1 N–H and O–H groups in total. The van der Waals surface area contributed by atoms with E-state index >= 15 is 0 Å². The third-order valence-corrected chi connectivity index (χ3v) is 8.10. The van der Waals surface area contributed by atoms with Crippen LogP contribution in [0.3, 0.4) is 0 Å². The van der Waals surface area contributed by atoms with Gasteiger partial charge in [0.1, 0.15) is 5.76 Å². The number of rotatable bonds is 18. The summed E-state index contributed by atoms with van der Waals surface area (Å²) in [6.07, 6.45) is 20.5. The summed E-state index contributed by atoms with van der Waals surface area (Å²) in [4.78, 5) is 38.4. The molecule has 0 heterocycles. The van der Waals surface area contributed by atoms with E-state index in [1.807, 2.05) is 25.1 Å². The number of carbonyl (C=O) groups excluding carboxylic acids is 3. The van der Waals surface area contributed by atoms with Gasteiger partial charge in [0, 0.05) is 23.5 Å². The monoisotopic (exact) mass is 560 g/mol. The van der Waals surface area contributed by atoms with E-state index in [1.165, 1.54) is 51.4 Å². The van der Waals surface area contributed by atoms with Crippen molar-refractivity contribution in [3.8, 4) is 0 Å². The van der Waals surface area contributed by atoms with Gasteiger partial charge in [-0.25, -0.2) is 0 Å². The average Bonchev–Trinajstić information content (AvgIpc) is 2.96. The van der Waals surface area contributed by atoms with Crippen LogP contribution in [0.5, 0.6) is 0 Å². The average molecular weight is 561 g/mol. The van der Waals surface area contributed by atoms with Crippen molar-refractivity contribution >= 4 is 34.1 Å². The maximum atomic E-state index is 13.1. The molecular weight excluding hydrogens is 512 g/mol. The van der Waals surface area contributed by atoms with E-state index < -0.39 is 17.5 Å². The molecule has 0 saturated carbocycles. The number of unbranched alkanes of at least 4 members (excludes halogenated alkanes) is 11. The molecule has 0 aliphatic heterocycles. The molecule has 1 aliphatic rings. The Morgan fingerprint density at radius 1 is 0.829 bits per heavy atom. The van der Waals surface area contributed by atoms with Gasteiger partial charge in [-0.15, -0.1) is 0 Å². The van der Waals surface area contributed by atoms with Crippen LogP contribution in [0, 0.1) is 12.8 Å². The van der Waals surface area contributed by atoms with Crippen LogP contribution >= 0.6 is 0 Å². The first kappa shape index (κ1) is 32.3. The number of fused-ring (bicyclic) bond motifs is 3. The minimum atomic E-state index is -0.732. The number of hydrogen-bond acceptors (Lipinski definition) is 5. The number of esters is 1. The van der Waals surface area contributed by atoms with Crippen molar-refractivity contribution < 1.29 is 24.2 Å². The topological polar surface area (TPSA) is 80.7 Å². The van der Waals surface area contributed by atoms with Crippen LogP contribution in [0.1, 0.15) is 125 Å². The molecule has 1 atom stereocenters. The Morgan fingerprint density at radius 2 is 1.46 bits per heavy atom. The fourth-order valence-electron chi connectivity index (χ4n) is 5.62. The molecule has 0 fully saturated rings. The van der Waals surface area contributed by atoms with E-state index in [9.17, 15) is 19.5 Å². The standard InChI is InChI=1S/C36H48O5/c1-4-5-6-7-8-9-10-11-12-13-14-15-16-17-18-22-31(37)41-25-27(3)32-34(38)30-24-23-28-26(2)20-19-21-29(28)33(30)36(40)35(32)39/h11-12,19-21,23-24,27,38H,4-10,13-18,22,25H2,1-3H3. The van der Waals surface area contributed by atoms with E-state index in [-0.39, 0.29) is 29.5 Å². The molecule has 1 aliphatic carbocycles. The number of aryl methyl sites for hydroxylation is 1. The molecular formula is C36H48O5. The number of ether oxygens (including phenoxy) is 1. The molecule has 0 amide bonds. The van der Waals surface area contributed by atoms with Crippen molar-refractivity contribution in [2.45, 2.75) is 111 Å². The molecule has 0 aromatic heterocycles. The summed E-state index contributed by atoms with van der Waals surface area (Å²) >= 11 is 0. The van der Waals surface area contributed by atoms with Gasteiger partial charge in [-0.05, 0) is 61.4 Å². The van der Waals surface area contributed by atoms with E-state index in [1.54, 1.807) is 19.1 Å². The Balaban J connectivity index is 1.35. The first-order valence-corrected chi connectivity index (χ1v) is 15.7. The summed E-state index contributed by atoms with van der Waals surface area (Å²) in [5.41, 5.74) is 1.61. The zero-order valence-corrected chi connectivity index (χ0v) is 25.3. The number of Topliss-reactive ketones (excluding diaryl/α,β-unsaturated/α-hetero) is 2. The molecule has 5 nitrogen and oxygen atoms in total. The van der Waals surface area contributed by atoms with Crippen LogP contribution < -0.4 is 0 Å². The number of aliphatic hydroxyl groups excluding tert-OH is 1. The van der Waals surface area contributed by atoms with Crippen molar-refractivity contribution in [3.63, 3.8) is 0 Å². The fourth-order valence-corrected chi connectivity index (χ4v) is 5.62. The zero-order chi connectivity index (χ0) is 29.6. The van der Waals surface area contributed by atoms with Gasteiger partial charge in [0.15, 0.2) is 0 Å². The van der Waals surface area contributed by atoms with E-state index in [0.717, 1.165) is 43.1 Å². The lowest BCUT2D eigenvalue weighted by Gasteiger charge is -2.23. The minimum absolute atomic E-state index is 0.0170. The maximum Gasteiger partial charge on any atom is 0.305 e. The summed E-state index contributed by atoms with van der Waals surface area (Å²) < 4.78 is 5.43. The van der Waals surface area contributed by atoms with Gasteiger partial charge in [0.25, 0.3) is 0 Å². The van der Waals surface area contributed by atoms with E-state index in [0.29, 0.717) is 17.4 Å². The number of allylic oxidation sites excluding steroid dienone is 2. The largest absolute Gasteiger partial charge is 0.507 e. The summed E-state index contributed by atoms with van der Waals surface area (Å²) in [6.45, 7) is 5.84. The van der Waals surface area contributed by atoms with Crippen LogP contribution in [0.2, 0.25) is 0 Å². The highest BCUT2D eigenvalue weighted by atomic mass is 16.5. The van der Waals surface area contributed by atoms with Gasteiger partial charge in [-0.3, -0.25) is 14.4 Å². The highest BCUT2D eigenvalue weighted by molar-refractivity contribution is 6.54. The third kappa shape index (κ3) is 9.14. The van der Waals surface area contributed by atoms with Crippen LogP contribution in [0.4, 0.5) is 0 Å². The summed E-state index contributed by atoms with van der Waals surface area (Å²) in [5.74, 6) is -2.47. The quantitative estimate of drug-likeness (QED) is 0.0850. The second kappa shape index (κ2) is 16.9. The van der Waals surface area contributed by atoms with Crippen LogP contribution in [-0.2, 0) is 14.3 Å². The predicted octanol–water partition coefficient (Wildman–Crippen LogP) is 9.40. The normalized spacial score (nSPS) is 14.2. The van der Waals surface area contributed by atoms with Gasteiger partial charge in [0.2, 0.25) is 11.6 Å². The Labute approximate surface area is 246 Å². The Bertz CT molecular complexity index is 1250. The fraction of sp³-hybridized carbons (Fsp3) is 0.528. The number of benzene rings is 2. The second-order valence-electron chi connectivity index (χ2n) is 11.5. The molecule has 41 heavy (non-hydrogen) atoms. The van der Waals surface area contributed by atoms with E-state index in [2.05, 4.69) is 19.1 Å². The van der Waals surface area contributed by atoms with Crippen molar-refractivity contribution in [1.82, 2.24) is 0 Å². The number of aliphatic hydroxyl groups is 1. The highest BCUT2D eigenvalue weighted by Gasteiger charge is 2.37. The zero-order valence-electron chi connectivity index (χ0n) is 25.3. The molecule has 2 aromatic rings. The lowest BCUT2D eigenvalue weighted by atomic mass is 9.81. The maximum absolute atomic E-state index is 13.1. The summed E-state index contributed by atoms with van der Waals surface area (Å²) in [5, 5.41) is 12.5. The number of ketones is 2. The van der Waals surface area contributed by atoms with Gasteiger partial charge in [0.05, 0.1) is 12.2 Å². The summed E-state index contributed by atoms with van der Waals surface area (Å²) in [6, 6.07) is 9.13. The predicted molar refractivity (Wildman–Crippen MR) is 167 cm³/mol. The lowest BCUT2D eigenvalue weighted by Crippen LogP contribution is -2.29. The minimum Gasteiger partial charge on any atom is -0.507 e. The molecule has 2 aromatic carbocycles. The highest BCUT2D eigenvalue weighted by Crippen LogP contribution is 2.36. The van der Waals surface area contributed by atoms with Gasteiger partial charge in [-0.1, -0.05) is 102 Å². The molecule has 1 unspecified atom stereocenters. The van der Waals surface area contributed by atoms with Gasteiger partial charge >= 0.3 is 5.97 Å². The van der Waals surface area contributed by atoms with Crippen LogP contribution in [0.15, 0.2) is 48.1 Å². The Kier molecular flexibility index (Phi) is 13.3. The molecule has 5 heteroatoms. The molecule has 0 saturated heterocycles. The molecule has 0 bridgehead atoms. The molecule has 0 radical (unpaired) electrons. The van der Waals surface area contributed by atoms with Gasteiger partial charge in [-0.2, -0.15) is 0 Å². The first-order valence-electron chi connectivity index (χ1n) is 15.7. The smallest absolute Gasteiger partial charge is 0.305 e. The summed E-state index contributed by atoms with van der Waals surface area (Å²) in [7, 11) is 0. The van der Waals surface area contributed by atoms with Crippen molar-refractivity contribution in [3.05, 3.63) is 64.7 Å². The Hall–Kier alpha value is -3.21. The molecule has 222 valence electrons. The number of carbonyl (C=O) groups is 3. The van der Waals surface area contributed by atoms with Crippen LogP contribution in [0.25, 0.3) is 16.5 Å². The van der Waals surface area contributed by atoms with Gasteiger partial charge < -0.3 is 9.84 Å². The lowest BCUT2D eigenvalue weighted by molar-refractivity contribution is -0.144. The Morgan fingerprint density at radius 3 is 2.15 bits per heavy atom.